The fourth-order valence-electron chi connectivity index (χ4n) is 6.08. The Morgan fingerprint density at radius 2 is 1.48 bits per heavy atom. The van der Waals surface area contributed by atoms with Gasteiger partial charge in [0.25, 0.3) is 0 Å². The maximum atomic E-state index is 14.1. The van der Waals surface area contributed by atoms with E-state index < -0.39 is 116 Å². The van der Waals surface area contributed by atoms with Crippen LogP contribution in [0, 0.1) is 0 Å². The van der Waals surface area contributed by atoms with Gasteiger partial charge in [0.05, 0.1) is 26.4 Å². The standard InChI is InChI=1S/C33H40O19/c1-11-20(37)24(41)27(44)31(48-11)47-10-18-22(39)25(42)30(52-32-26(43)21(38)16(36)9-46-32)33(50-18)51-29-23(40)19-15(35)7-14(45-2)8-17(19)49-28(29)12-3-5-13(34)6-4-12/h3-8,11,16,18,20-22,24-27,30-39,41-44H,9-10H2,1-2H3/t11?,16-,18?,20+,21+,22-,24?,25+,26?,27+,30?,31-,32+,33+/m1/s1. The Hall–Kier alpha value is -3.67. The van der Waals surface area contributed by atoms with Gasteiger partial charge in [0.1, 0.15) is 83.2 Å². The number of phenols is 2. The lowest BCUT2D eigenvalue weighted by atomic mass is 9.98. The quantitative estimate of drug-likeness (QED) is 0.107. The number of ether oxygens (including phenoxy) is 7. The summed E-state index contributed by atoms with van der Waals surface area (Å²) in [5, 5.41) is 104. The number of aliphatic hydroxyl groups excluding tert-OH is 8. The van der Waals surface area contributed by atoms with Crippen LogP contribution in [-0.4, -0.2) is 157 Å². The Bertz CT molecular complexity index is 1750. The molecule has 0 saturated carbocycles. The molecule has 5 unspecified atom stereocenters. The van der Waals surface area contributed by atoms with Crippen molar-refractivity contribution in [2.75, 3.05) is 20.3 Å². The van der Waals surface area contributed by atoms with Crippen LogP contribution in [0.1, 0.15) is 6.92 Å². The SMILES string of the molecule is COc1cc(O)c2c(=O)c(O[C@@H]3OC(CO[C@@H]4OC(C)[C@H](O)C(O)[C@@H]4O)[C@@H](O)[C@H](O)C3O[C@@H]3OC[C@@H](O)[C@H](O)C3O)c(-c3ccc(O)cc3)oc2c1. The first kappa shape index (κ1) is 38.1. The maximum Gasteiger partial charge on any atom is 0.239 e. The van der Waals surface area contributed by atoms with E-state index in [1.807, 2.05) is 0 Å². The van der Waals surface area contributed by atoms with Gasteiger partial charge in [0.2, 0.25) is 17.5 Å². The number of phenolic OH excluding ortho intramolecular Hbond substituents is 2. The number of benzene rings is 2. The van der Waals surface area contributed by atoms with Crippen molar-refractivity contribution in [3.05, 3.63) is 46.6 Å². The van der Waals surface area contributed by atoms with Crippen LogP contribution in [0.2, 0.25) is 0 Å². The van der Waals surface area contributed by atoms with E-state index in [4.69, 9.17) is 37.6 Å². The van der Waals surface area contributed by atoms with Crippen LogP contribution < -0.4 is 14.9 Å². The molecule has 52 heavy (non-hydrogen) atoms. The van der Waals surface area contributed by atoms with Crippen LogP contribution in [0.15, 0.2) is 45.6 Å². The summed E-state index contributed by atoms with van der Waals surface area (Å²) in [6.45, 7) is 0.277. The maximum absolute atomic E-state index is 14.1. The molecule has 0 bridgehead atoms. The average molecular weight is 741 g/mol. The summed E-state index contributed by atoms with van der Waals surface area (Å²) in [6.07, 6.45) is -23.2. The van der Waals surface area contributed by atoms with Crippen LogP contribution in [0.25, 0.3) is 22.3 Å². The van der Waals surface area contributed by atoms with Gasteiger partial charge < -0.3 is 88.6 Å². The Morgan fingerprint density at radius 3 is 2.17 bits per heavy atom. The second-order valence-electron chi connectivity index (χ2n) is 12.7. The summed E-state index contributed by atoms with van der Waals surface area (Å²) < 4.78 is 45.4. The third-order valence-electron chi connectivity index (χ3n) is 9.13. The number of hydrogen-bond acceptors (Lipinski definition) is 19. The van der Waals surface area contributed by atoms with Crippen molar-refractivity contribution in [1.82, 2.24) is 0 Å². The van der Waals surface area contributed by atoms with Gasteiger partial charge in [-0.25, -0.2) is 0 Å². The van der Waals surface area contributed by atoms with Gasteiger partial charge in [-0.2, -0.15) is 0 Å². The molecule has 0 aliphatic carbocycles. The number of aromatic hydroxyl groups is 2. The second kappa shape index (κ2) is 15.4. The lowest BCUT2D eigenvalue weighted by Crippen LogP contribution is -2.64. The zero-order valence-corrected chi connectivity index (χ0v) is 27.6. The number of aliphatic hydroxyl groups is 8. The Labute approximate surface area is 293 Å². The highest BCUT2D eigenvalue weighted by Gasteiger charge is 2.51. The van der Waals surface area contributed by atoms with Gasteiger partial charge in [0, 0.05) is 17.7 Å². The molecule has 3 saturated heterocycles. The Kier molecular flexibility index (Phi) is 11.2. The van der Waals surface area contributed by atoms with Gasteiger partial charge in [-0.15, -0.1) is 0 Å². The van der Waals surface area contributed by atoms with Crippen LogP contribution in [0.3, 0.4) is 0 Å². The molecule has 1 aromatic heterocycles. The Balaban J connectivity index is 1.38. The molecule has 14 atom stereocenters. The molecule has 0 spiro atoms. The largest absolute Gasteiger partial charge is 0.508 e. The fraction of sp³-hybridized carbons (Fsp3) is 0.545. The van der Waals surface area contributed by atoms with Gasteiger partial charge in [-0.05, 0) is 31.2 Å². The number of methoxy groups -OCH3 is 1. The Morgan fingerprint density at radius 1 is 0.788 bits per heavy atom. The first-order chi connectivity index (χ1) is 24.7. The molecule has 2 aromatic carbocycles. The molecule has 0 radical (unpaired) electrons. The zero-order valence-electron chi connectivity index (χ0n) is 27.6. The molecule has 3 fully saturated rings. The molecule has 10 N–H and O–H groups in total. The van der Waals surface area contributed by atoms with E-state index in [-0.39, 0.29) is 33.8 Å². The smallest absolute Gasteiger partial charge is 0.239 e. The summed E-state index contributed by atoms with van der Waals surface area (Å²) in [5.74, 6) is -1.40. The van der Waals surface area contributed by atoms with Gasteiger partial charge >= 0.3 is 0 Å². The highest BCUT2D eigenvalue weighted by atomic mass is 16.8. The summed E-state index contributed by atoms with van der Waals surface area (Å²) in [6, 6.07) is 7.85. The topological polar surface area (TPSA) is 297 Å². The van der Waals surface area contributed by atoms with Gasteiger partial charge in [-0.3, -0.25) is 4.79 Å². The minimum atomic E-state index is -1.97. The average Bonchev–Trinajstić information content (AvgIpc) is 3.12. The van der Waals surface area contributed by atoms with Crippen molar-refractivity contribution in [2.24, 2.45) is 0 Å². The third-order valence-corrected chi connectivity index (χ3v) is 9.13. The van der Waals surface area contributed by atoms with Crippen molar-refractivity contribution >= 4 is 11.0 Å². The molecule has 6 rings (SSSR count). The van der Waals surface area contributed by atoms with Crippen LogP contribution in [-0.2, 0) is 23.7 Å². The highest BCUT2D eigenvalue weighted by molar-refractivity contribution is 5.88. The molecule has 4 heterocycles. The first-order valence-corrected chi connectivity index (χ1v) is 16.2. The molecular formula is C33H40O19. The molecule has 3 aliphatic rings. The zero-order chi connectivity index (χ0) is 37.6. The number of hydrogen-bond donors (Lipinski definition) is 10. The van der Waals surface area contributed by atoms with Crippen LogP contribution in [0.4, 0.5) is 0 Å². The molecule has 19 heteroatoms. The van der Waals surface area contributed by atoms with Crippen molar-refractivity contribution in [2.45, 2.75) is 92.9 Å². The molecule has 286 valence electrons. The van der Waals surface area contributed by atoms with Crippen molar-refractivity contribution in [3.63, 3.8) is 0 Å². The van der Waals surface area contributed by atoms with Crippen molar-refractivity contribution in [3.8, 4) is 34.3 Å². The van der Waals surface area contributed by atoms with Crippen LogP contribution >= 0.6 is 0 Å². The summed E-state index contributed by atoms with van der Waals surface area (Å²) in [5.41, 5.74) is -0.896. The van der Waals surface area contributed by atoms with E-state index in [1.54, 1.807) is 0 Å². The molecular weight excluding hydrogens is 700 g/mol. The first-order valence-electron chi connectivity index (χ1n) is 16.2. The van der Waals surface area contributed by atoms with Crippen LogP contribution in [0.5, 0.6) is 23.0 Å². The van der Waals surface area contributed by atoms with Gasteiger partial charge in [0.15, 0.2) is 24.4 Å². The molecule has 3 aromatic rings. The highest BCUT2D eigenvalue weighted by Crippen LogP contribution is 2.38. The van der Waals surface area contributed by atoms with E-state index in [1.165, 1.54) is 44.4 Å². The lowest BCUT2D eigenvalue weighted by Gasteiger charge is -2.45. The summed E-state index contributed by atoms with van der Waals surface area (Å²) >= 11 is 0. The minimum Gasteiger partial charge on any atom is -0.508 e. The normalized spacial score (nSPS) is 36.8. The van der Waals surface area contributed by atoms with E-state index >= 15 is 0 Å². The molecule has 3 aliphatic heterocycles. The van der Waals surface area contributed by atoms with E-state index in [9.17, 15) is 55.9 Å². The predicted molar refractivity (Wildman–Crippen MR) is 170 cm³/mol. The van der Waals surface area contributed by atoms with E-state index in [2.05, 4.69) is 0 Å². The summed E-state index contributed by atoms with van der Waals surface area (Å²) in [7, 11) is 1.33. The monoisotopic (exact) mass is 740 g/mol. The molecule has 0 amide bonds. The number of rotatable bonds is 9. The third kappa shape index (κ3) is 7.28. The predicted octanol–water partition coefficient (Wildman–Crippen LogP) is -2.63. The molecule has 19 nitrogen and oxygen atoms in total. The second-order valence-corrected chi connectivity index (χ2v) is 12.7. The van der Waals surface area contributed by atoms with Gasteiger partial charge in [-0.1, -0.05) is 0 Å². The fourth-order valence-corrected chi connectivity index (χ4v) is 6.08. The van der Waals surface area contributed by atoms with E-state index in [0.717, 1.165) is 6.07 Å². The van der Waals surface area contributed by atoms with E-state index in [0.29, 0.717) is 0 Å². The minimum absolute atomic E-state index is 0.125. The van der Waals surface area contributed by atoms with Crippen molar-refractivity contribution < 1.29 is 88.6 Å². The summed E-state index contributed by atoms with van der Waals surface area (Å²) in [4.78, 5) is 14.1. The lowest BCUT2D eigenvalue weighted by molar-refractivity contribution is -0.352. The number of fused-ring (bicyclic) bond motifs is 1. The van der Waals surface area contributed by atoms with Crippen molar-refractivity contribution in [1.29, 1.82) is 0 Å².